The van der Waals surface area contributed by atoms with Gasteiger partial charge in [-0.05, 0) is 0 Å². The first-order chi connectivity index (χ1) is 4.57. The number of halogens is 2. The minimum atomic E-state index is -2.56. The molecule has 10 heavy (non-hydrogen) atoms. The molecular formula is C4H7F2O3S-. The summed E-state index contributed by atoms with van der Waals surface area (Å²) < 4.78 is 47.6. The Morgan fingerprint density at radius 3 is 2.50 bits per heavy atom. The second kappa shape index (κ2) is 4.70. The molecule has 3 nitrogen and oxygen atoms in total. The SMILES string of the molecule is COC(F)C(F)CS(=O)[O-]. The van der Waals surface area contributed by atoms with Crippen LogP contribution in [-0.2, 0) is 15.8 Å². The minimum absolute atomic E-state index is 0.866. The molecule has 0 heterocycles. The lowest BCUT2D eigenvalue weighted by atomic mass is 10.4. The number of methoxy groups -OCH3 is 1. The summed E-state index contributed by atoms with van der Waals surface area (Å²) in [5.74, 6) is -0.866. The summed E-state index contributed by atoms with van der Waals surface area (Å²) in [6.07, 6.45) is -4.25. The average molecular weight is 173 g/mol. The van der Waals surface area contributed by atoms with Crippen LogP contribution >= 0.6 is 0 Å². The van der Waals surface area contributed by atoms with Gasteiger partial charge in [0.1, 0.15) is 0 Å². The summed E-state index contributed by atoms with van der Waals surface area (Å²) in [6.45, 7) is 0. The highest BCUT2D eigenvalue weighted by molar-refractivity contribution is 7.79. The van der Waals surface area contributed by atoms with Gasteiger partial charge in [0, 0.05) is 12.9 Å². The van der Waals surface area contributed by atoms with Gasteiger partial charge in [-0.2, -0.15) is 0 Å². The van der Waals surface area contributed by atoms with Crippen molar-refractivity contribution in [2.75, 3.05) is 12.9 Å². The molecule has 0 bridgehead atoms. The van der Waals surface area contributed by atoms with Crippen LogP contribution in [-0.4, -0.2) is 34.2 Å². The van der Waals surface area contributed by atoms with Crippen molar-refractivity contribution in [2.45, 2.75) is 12.5 Å². The molecule has 0 fully saturated rings. The summed E-state index contributed by atoms with van der Waals surface area (Å²) in [7, 11) is 0.963. The fraction of sp³-hybridized carbons (Fsp3) is 1.00. The lowest BCUT2D eigenvalue weighted by Crippen LogP contribution is -2.25. The minimum Gasteiger partial charge on any atom is -0.772 e. The number of alkyl halides is 2. The van der Waals surface area contributed by atoms with Crippen molar-refractivity contribution in [3.63, 3.8) is 0 Å². The maximum atomic E-state index is 12.2. The van der Waals surface area contributed by atoms with Crippen LogP contribution in [0.25, 0.3) is 0 Å². The Hall–Kier alpha value is -0.0700. The molecule has 0 amide bonds. The van der Waals surface area contributed by atoms with Crippen molar-refractivity contribution < 1.29 is 22.3 Å². The molecule has 0 aromatic heterocycles. The Bertz CT molecular complexity index is 121. The second-order valence-electron chi connectivity index (χ2n) is 1.57. The van der Waals surface area contributed by atoms with Crippen LogP contribution in [0.3, 0.4) is 0 Å². The molecule has 0 aromatic carbocycles. The van der Waals surface area contributed by atoms with E-state index in [9.17, 15) is 17.5 Å². The molecular weight excluding hydrogens is 166 g/mol. The first-order valence-electron chi connectivity index (χ1n) is 2.44. The van der Waals surface area contributed by atoms with E-state index in [1.807, 2.05) is 0 Å². The van der Waals surface area contributed by atoms with E-state index >= 15 is 0 Å². The fourth-order valence-electron chi connectivity index (χ4n) is 0.353. The lowest BCUT2D eigenvalue weighted by Gasteiger charge is -2.12. The molecule has 0 aliphatic heterocycles. The van der Waals surface area contributed by atoms with Crippen molar-refractivity contribution >= 4 is 11.1 Å². The van der Waals surface area contributed by atoms with Gasteiger partial charge >= 0.3 is 0 Å². The van der Waals surface area contributed by atoms with Gasteiger partial charge in [0.05, 0.1) is 0 Å². The molecule has 0 N–H and O–H groups in total. The molecule has 0 saturated heterocycles. The molecule has 0 saturated carbocycles. The number of hydrogen-bond donors (Lipinski definition) is 0. The van der Waals surface area contributed by atoms with Crippen molar-refractivity contribution in [2.24, 2.45) is 0 Å². The van der Waals surface area contributed by atoms with Crippen LogP contribution in [0.2, 0.25) is 0 Å². The predicted molar refractivity (Wildman–Crippen MR) is 30.6 cm³/mol. The largest absolute Gasteiger partial charge is 0.772 e. The zero-order chi connectivity index (χ0) is 8.15. The molecule has 0 spiro atoms. The highest BCUT2D eigenvalue weighted by Crippen LogP contribution is 2.04. The molecule has 0 aromatic rings. The van der Waals surface area contributed by atoms with Crippen molar-refractivity contribution in [1.29, 1.82) is 0 Å². The van der Waals surface area contributed by atoms with E-state index < -0.39 is 29.4 Å². The lowest BCUT2D eigenvalue weighted by molar-refractivity contribution is -0.0533. The highest BCUT2D eigenvalue weighted by atomic mass is 32.2. The third-order valence-corrected chi connectivity index (χ3v) is 1.40. The molecule has 62 valence electrons. The van der Waals surface area contributed by atoms with E-state index in [1.54, 1.807) is 0 Å². The van der Waals surface area contributed by atoms with Crippen LogP contribution in [0.15, 0.2) is 0 Å². The Balaban J connectivity index is 3.61. The first kappa shape index (κ1) is 9.93. The molecule has 3 unspecified atom stereocenters. The standard InChI is InChI=1S/C4H8F2O3S/c1-9-4(6)3(5)2-10(7)8/h3-4H,2H2,1H3,(H,7,8)/p-1. The smallest absolute Gasteiger partial charge is 0.231 e. The van der Waals surface area contributed by atoms with Gasteiger partial charge in [0.2, 0.25) is 6.36 Å². The van der Waals surface area contributed by atoms with Gasteiger partial charge in [0.25, 0.3) is 0 Å². The van der Waals surface area contributed by atoms with Gasteiger partial charge < -0.3 is 9.29 Å². The normalized spacial score (nSPS) is 20.0. The van der Waals surface area contributed by atoms with E-state index in [0.717, 1.165) is 7.11 Å². The summed E-state index contributed by atoms with van der Waals surface area (Å²) >= 11 is -2.56. The van der Waals surface area contributed by atoms with E-state index in [1.165, 1.54) is 0 Å². The quantitative estimate of drug-likeness (QED) is 0.568. The number of ether oxygens (including phenoxy) is 1. The summed E-state index contributed by atoms with van der Waals surface area (Å²) in [5.41, 5.74) is 0. The highest BCUT2D eigenvalue weighted by Gasteiger charge is 2.19. The predicted octanol–water partition coefficient (Wildman–Crippen LogP) is 0.146. The van der Waals surface area contributed by atoms with E-state index in [4.69, 9.17) is 0 Å². The van der Waals surface area contributed by atoms with Gasteiger partial charge in [-0.1, -0.05) is 11.1 Å². The van der Waals surface area contributed by atoms with Crippen molar-refractivity contribution in [3.05, 3.63) is 0 Å². The molecule has 0 rings (SSSR count). The zero-order valence-electron chi connectivity index (χ0n) is 5.25. The topological polar surface area (TPSA) is 49.4 Å². The third-order valence-electron chi connectivity index (χ3n) is 0.805. The van der Waals surface area contributed by atoms with E-state index in [0.29, 0.717) is 0 Å². The van der Waals surface area contributed by atoms with Gasteiger partial charge in [-0.3, -0.25) is 4.21 Å². The van der Waals surface area contributed by atoms with Crippen molar-refractivity contribution in [1.82, 2.24) is 0 Å². The molecule has 6 heteroatoms. The Kier molecular flexibility index (Phi) is 4.67. The zero-order valence-corrected chi connectivity index (χ0v) is 6.07. The molecule has 3 atom stereocenters. The average Bonchev–Trinajstić information content (AvgIpc) is 1.85. The third kappa shape index (κ3) is 3.86. The number of rotatable bonds is 4. The van der Waals surface area contributed by atoms with Crippen LogP contribution in [0, 0.1) is 0 Å². The maximum Gasteiger partial charge on any atom is 0.231 e. The summed E-state index contributed by atoms with van der Waals surface area (Å²) in [4.78, 5) is 0. The number of hydrogen-bond acceptors (Lipinski definition) is 3. The van der Waals surface area contributed by atoms with Crippen LogP contribution in [0.1, 0.15) is 0 Å². The Labute approximate surface area is 59.7 Å². The van der Waals surface area contributed by atoms with Crippen LogP contribution < -0.4 is 0 Å². The second-order valence-corrected chi connectivity index (χ2v) is 2.51. The van der Waals surface area contributed by atoms with Gasteiger partial charge in [-0.15, -0.1) is 0 Å². The molecule has 0 aliphatic carbocycles. The monoisotopic (exact) mass is 173 g/mol. The summed E-state index contributed by atoms with van der Waals surface area (Å²) in [5, 5.41) is 0. The summed E-state index contributed by atoms with van der Waals surface area (Å²) in [6, 6.07) is 0. The van der Waals surface area contributed by atoms with Crippen LogP contribution in [0.5, 0.6) is 0 Å². The van der Waals surface area contributed by atoms with Gasteiger partial charge in [0.15, 0.2) is 6.17 Å². The Morgan fingerprint density at radius 1 is 1.70 bits per heavy atom. The van der Waals surface area contributed by atoms with Gasteiger partial charge in [-0.25, -0.2) is 8.78 Å². The van der Waals surface area contributed by atoms with Crippen LogP contribution in [0.4, 0.5) is 8.78 Å². The fourth-order valence-corrected chi connectivity index (χ4v) is 0.765. The van der Waals surface area contributed by atoms with E-state index in [2.05, 4.69) is 4.74 Å². The molecule has 0 radical (unpaired) electrons. The molecule has 0 aliphatic rings. The first-order valence-corrected chi connectivity index (χ1v) is 3.69. The Morgan fingerprint density at radius 2 is 2.20 bits per heavy atom. The maximum absolute atomic E-state index is 12.2. The van der Waals surface area contributed by atoms with E-state index in [-0.39, 0.29) is 0 Å². The van der Waals surface area contributed by atoms with Crippen molar-refractivity contribution in [3.8, 4) is 0 Å².